The Morgan fingerprint density at radius 1 is 1.28 bits per heavy atom. The fraction of sp³-hybridized carbons (Fsp3) is 0.833. The number of carboxylic acid groups (broad SMARTS) is 1. The number of carbonyl (C=O) groups is 2. The molecule has 100 valence electrons. The number of unbranched alkanes of at least 4 members (excludes halogenated alkanes) is 2. The summed E-state index contributed by atoms with van der Waals surface area (Å²) in [5.41, 5.74) is 0. The molecule has 0 fully saturated rings. The van der Waals surface area contributed by atoms with Gasteiger partial charge in [-0.3, -0.25) is 4.79 Å². The Bertz CT molecular complexity index is 251. The first-order valence-electron chi connectivity index (χ1n) is 6.05. The maximum Gasteiger partial charge on any atom is 1.00 e. The summed E-state index contributed by atoms with van der Waals surface area (Å²) in [6.07, 6.45) is 2.89. The molecule has 0 radical (unpaired) electrons. The van der Waals surface area contributed by atoms with Crippen molar-refractivity contribution in [2.24, 2.45) is 0 Å². The molecule has 1 unspecified atom stereocenters. The van der Waals surface area contributed by atoms with Crippen molar-refractivity contribution in [1.82, 2.24) is 4.90 Å². The van der Waals surface area contributed by atoms with Crippen LogP contribution in [0.3, 0.4) is 0 Å². The third-order valence-electron chi connectivity index (χ3n) is 2.64. The number of hydrogen-bond donors (Lipinski definition) is 0. The number of hydrogen-bond acceptors (Lipinski definition) is 3. The molecule has 0 aliphatic heterocycles. The van der Waals surface area contributed by atoms with E-state index in [0.29, 0.717) is 25.7 Å². The van der Waals surface area contributed by atoms with E-state index in [1.54, 1.807) is 0 Å². The first-order valence-corrected chi connectivity index (χ1v) is 6.05. The van der Waals surface area contributed by atoms with Crippen molar-refractivity contribution in [3.8, 4) is 0 Å². The molecule has 0 rings (SSSR count). The van der Waals surface area contributed by atoms with Gasteiger partial charge in [-0.25, -0.2) is 4.39 Å². The molecule has 6 heteroatoms. The molecule has 0 bridgehead atoms. The van der Waals surface area contributed by atoms with Crippen molar-refractivity contribution in [3.63, 3.8) is 0 Å². The SMILES string of the molecule is CCC(F)CCCCCC(=O)N(C)CC(=O)[O-].[Na+]. The average Bonchev–Trinajstić information content (AvgIpc) is 2.26. The van der Waals surface area contributed by atoms with Gasteiger partial charge in [-0.1, -0.05) is 19.8 Å². The van der Waals surface area contributed by atoms with Gasteiger partial charge in [-0.05, 0) is 19.3 Å². The molecule has 0 aromatic heterocycles. The summed E-state index contributed by atoms with van der Waals surface area (Å²) in [6, 6.07) is 0. The van der Waals surface area contributed by atoms with Crippen LogP contribution in [0.25, 0.3) is 0 Å². The van der Waals surface area contributed by atoms with Crippen LogP contribution in [0.15, 0.2) is 0 Å². The third kappa shape index (κ3) is 11.0. The van der Waals surface area contributed by atoms with Crippen LogP contribution >= 0.6 is 0 Å². The van der Waals surface area contributed by atoms with Crippen molar-refractivity contribution < 1.29 is 48.6 Å². The van der Waals surface area contributed by atoms with Gasteiger partial charge in [0.05, 0.1) is 18.7 Å². The van der Waals surface area contributed by atoms with Gasteiger partial charge in [0.25, 0.3) is 0 Å². The van der Waals surface area contributed by atoms with E-state index in [1.807, 2.05) is 6.92 Å². The van der Waals surface area contributed by atoms with E-state index in [-0.39, 0.29) is 42.0 Å². The van der Waals surface area contributed by atoms with Crippen molar-refractivity contribution in [3.05, 3.63) is 0 Å². The predicted molar refractivity (Wildman–Crippen MR) is 60.9 cm³/mol. The van der Waals surface area contributed by atoms with Gasteiger partial charge < -0.3 is 14.8 Å². The largest absolute Gasteiger partial charge is 1.00 e. The zero-order valence-corrected chi connectivity index (χ0v) is 13.6. The Labute approximate surface area is 130 Å². The van der Waals surface area contributed by atoms with Crippen LogP contribution < -0.4 is 34.7 Å². The summed E-state index contributed by atoms with van der Waals surface area (Å²) in [7, 11) is 1.44. The number of carbonyl (C=O) groups excluding carboxylic acids is 2. The predicted octanol–water partition coefficient (Wildman–Crippen LogP) is -2.10. The molecule has 0 N–H and O–H groups in total. The summed E-state index contributed by atoms with van der Waals surface area (Å²) in [4.78, 5) is 22.8. The van der Waals surface area contributed by atoms with Crippen molar-refractivity contribution in [2.75, 3.05) is 13.6 Å². The molecule has 0 aliphatic rings. The van der Waals surface area contributed by atoms with Crippen LogP contribution in [-0.4, -0.2) is 36.5 Å². The Morgan fingerprint density at radius 3 is 2.39 bits per heavy atom. The zero-order chi connectivity index (χ0) is 13.3. The minimum Gasteiger partial charge on any atom is -0.548 e. The molecule has 0 aromatic rings. The van der Waals surface area contributed by atoms with Gasteiger partial charge in [-0.15, -0.1) is 0 Å². The topological polar surface area (TPSA) is 60.4 Å². The smallest absolute Gasteiger partial charge is 0.548 e. The van der Waals surface area contributed by atoms with Crippen molar-refractivity contribution >= 4 is 11.9 Å². The molecule has 18 heavy (non-hydrogen) atoms. The average molecular weight is 269 g/mol. The second-order valence-corrected chi connectivity index (χ2v) is 4.23. The van der Waals surface area contributed by atoms with Gasteiger partial charge in [0.15, 0.2) is 0 Å². The molecule has 0 saturated carbocycles. The number of alkyl halides is 1. The number of nitrogens with zero attached hydrogens (tertiary/aromatic N) is 1. The quantitative estimate of drug-likeness (QED) is 0.356. The zero-order valence-electron chi connectivity index (χ0n) is 11.6. The Balaban J connectivity index is 0. The van der Waals surface area contributed by atoms with Crippen LogP contribution in [0.2, 0.25) is 0 Å². The number of aliphatic carboxylic acids is 1. The van der Waals surface area contributed by atoms with E-state index in [0.717, 1.165) is 17.7 Å². The minimum atomic E-state index is -1.26. The molecular formula is C12H21FNNaO3. The van der Waals surface area contributed by atoms with Gasteiger partial charge >= 0.3 is 29.6 Å². The Kier molecular flexibility index (Phi) is 13.4. The molecule has 0 heterocycles. The van der Waals surface area contributed by atoms with Crippen LogP contribution in [0.1, 0.15) is 45.4 Å². The molecule has 1 atom stereocenters. The number of amides is 1. The second kappa shape index (κ2) is 11.9. The van der Waals surface area contributed by atoms with E-state index in [9.17, 15) is 19.1 Å². The number of carboxylic acids is 1. The Hall–Kier alpha value is -0.130. The summed E-state index contributed by atoms with van der Waals surface area (Å²) in [6.45, 7) is 1.43. The van der Waals surface area contributed by atoms with E-state index in [1.165, 1.54) is 7.05 Å². The maximum absolute atomic E-state index is 12.8. The summed E-state index contributed by atoms with van der Waals surface area (Å²) < 4.78 is 12.8. The van der Waals surface area contributed by atoms with Gasteiger partial charge in [0.1, 0.15) is 0 Å². The number of likely N-dealkylation sites (N-methyl/N-ethyl adjacent to an activating group) is 1. The summed E-state index contributed by atoms with van der Waals surface area (Å²) in [5, 5.41) is 10.3. The number of halogens is 1. The van der Waals surface area contributed by atoms with Crippen LogP contribution in [0.5, 0.6) is 0 Å². The Morgan fingerprint density at radius 2 is 1.89 bits per heavy atom. The van der Waals surface area contributed by atoms with Gasteiger partial charge in [-0.2, -0.15) is 0 Å². The normalized spacial score (nSPS) is 11.5. The molecule has 0 spiro atoms. The fourth-order valence-electron chi connectivity index (χ4n) is 1.50. The van der Waals surface area contributed by atoms with E-state index < -0.39 is 12.1 Å². The van der Waals surface area contributed by atoms with E-state index in [2.05, 4.69) is 0 Å². The fourth-order valence-corrected chi connectivity index (χ4v) is 1.50. The molecule has 0 aliphatic carbocycles. The van der Waals surface area contributed by atoms with Crippen LogP contribution in [0.4, 0.5) is 4.39 Å². The molecule has 0 saturated heterocycles. The first-order chi connectivity index (χ1) is 7.97. The first kappa shape index (κ1) is 20.2. The third-order valence-corrected chi connectivity index (χ3v) is 2.64. The van der Waals surface area contributed by atoms with Gasteiger partial charge in [0, 0.05) is 13.5 Å². The molecular weight excluding hydrogens is 248 g/mol. The molecule has 1 amide bonds. The van der Waals surface area contributed by atoms with Gasteiger partial charge in [0.2, 0.25) is 5.91 Å². The molecule has 0 aromatic carbocycles. The second-order valence-electron chi connectivity index (χ2n) is 4.23. The monoisotopic (exact) mass is 269 g/mol. The standard InChI is InChI=1S/C12H22FNO3.Na/c1-3-10(13)7-5-4-6-8-11(15)14(2)9-12(16)17;/h10H,3-9H2,1-2H3,(H,16,17);/q;+1/p-1. The number of rotatable bonds is 9. The van der Waals surface area contributed by atoms with Crippen LogP contribution in [0, 0.1) is 0 Å². The van der Waals surface area contributed by atoms with Crippen molar-refractivity contribution in [1.29, 1.82) is 0 Å². The van der Waals surface area contributed by atoms with E-state index in [4.69, 9.17) is 0 Å². The maximum atomic E-state index is 12.8. The minimum absolute atomic E-state index is 0. The summed E-state index contributed by atoms with van der Waals surface area (Å²) >= 11 is 0. The molecule has 4 nitrogen and oxygen atoms in total. The summed E-state index contributed by atoms with van der Waals surface area (Å²) in [5.74, 6) is -1.47. The van der Waals surface area contributed by atoms with E-state index >= 15 is 0 Å². The van der Waals surface area contributed by atoms with Crippen LogP contribution in [-0.2, 0) is 9.59 Å². The van der Waals surface area contributed by atoms with Crippen molar-refractivity contribution in [2.45, 2.75) is 51.6 Å².